The van der Waals surface area contributed by atoms with Gasteiger partial charge in [-0.25, -0.2) is 4.98 Å². The largest absolute Gasteiger partial charge is 2.00 e. The van der Waals surface area contributed by atoms with Crippen molar-refractivity contribution in [3.8, 4) is 5.82 Å². The van der Waals surface area contributed by atoms with Crippen molar-refractivity contribution >= 4 is 57.3 Å². The summed E-state index contributed by atoms with van der Waals surface area (Å²) in [6.07, 6.45) is 1.89. The molecule has 4 nitrogen and oxygen atoms in total. The summed E-state index contributed by atoms with van der Waals surface area (Å²) in [4.78, 5) is 9.40. The zero-order chi connectivity index (χ0) is 26.7. The Labute approximate surface area is 251 Å². The van der Waals surface area contributed by atoms with Crippen molar-refractivity contribution in [2.45, 2.75) is 20.0 Å². The monoisotopic (exact) mass is 717 g/mol. The first kappa shape index (κ1) is 26.6. The molecule has 6 aromatic rings. The number of hydrogen-bond acceptors (Lipinski definition) is 3. The average molecular weight is 718 g/mol. The number of anilines is 3. The molecule has 0 atom stereocenters. The van der Waals surface area contributed by atoms with Gasteiger partial charge in [0.2, 0.25) is 0 Å². The first-order chi connectivity index (χ1) is 18.9. The molecular weight excluding hydrogens is 688 g/mol. The molecule has 0 radical (unpaired) electrons. The van der Waals surface area contributed by atoms with Gasteiger partial charge < -0.3 is 14.4 Å². The van der Waals surface area contributed by atoms with Crippen molar-refractivity contribution in [2.24, 2.45) is 0 Å². The number of hydrogen-bond donors (Lipinski definition) is 0. The summed E-state index contributed by atoms with van der Waals surface area (Å²) in [6.45, 7) is 7.75. The molecule has 1 aliphatic heterocycles. The Morgan fingerprint density at radius 3 is 2.35 bits per heavy atom. The molecule has 3 heterocycles. The van der Waals surface area contributed by atoms with Crippen LogP contribution in [0.25, 0.3) is 27.6 Å². The van der Waals surface area contributed by atoms with Gasteiger partial charge in [-0.05, 0) is 48.2 Å². The summed E-state index contributed by atoms with van der Waals surface area (Å²) in [5.41, 5.74) is 7.03. The fourth-order valence-electron chi connectivity index (χ4n) is 5.85. The van der Waals surface area contributed by atoms with E-state index in [1.165, 1.54) is 38.1 Å². The normalized spacial score (nSPS) is 13.1. The molecule has 0 bridgehead atoms. The standard InChI is InChI=1S/C34H30N4Si.Pt/c1-24-18-19-35-34(20-24)38-30-13-6-5-12-28(30)29-17-16-27(22-33(29)38)39(3,4)26-11-9-10-25(21-26)37-23-36(2)31-14-7-8-15-32(31)37;/h5-20H,23H2,1-4H3;/q-2;+2. The molecule has 0 spiro atoms. The van der Waals surface area contributed by atoms with E-state index in [1.54, 1.807) is 0 Å². The molecular formula is C34H30N4PtSi. The second-order valence-electron chi connectivity index (χ2n) is 11.0. The number of benzene rings is 4. The van der Waals surface area contributed by atoms with Crippen molar-refractivity contribution in [2.75, 3.05) is 23.5 Å². The molecule has 1 aliphatic rings. The minimum Gasteiger partial charge on any atom is -0.355 e. The Kier molecular flexibility index (Phi) is 6.68. The number of rotatable bonds is 4. The Morgan fingerprint density at radius 2 is 1.52 bits per heavy atom. The molecule has 0 unspecified atom stereocenters. The van der Waals surface area contributed by atoms with Crippen molar-refractivity contribution in [3.05, 3.63) is 115 Å². The summed E-state index contributed by atoms with van der Waals surface area (Å²) >= 11 is 0. The van der Waals surface area contributed by atoms with Crippen molar-refractivity contribution in [1.82, 2.24) is 9.55 Å². The third-order valence-corrected chi connectivity index (χ3v) is 11.3. The molecule has 0 saturated carbocycles. The molecule has 200 valence electrons. The van der Waals surface area contributed by atoms with E-state index >= 15 is 0 Å². The van der Waals surface area contributed by atoms with Gasteiger partial charge in [0, 0.05) is 18.8 Å². The van der Waals surface area contributed by atoms with Crippen LogP contribution < -0.4 is 20.2 Å². The Hall–Kier alpha value is -3.66. The number of aryl methyl sites for hydroxylation is 1. The summed E-state index contributed by atoms with van der Waals surface area (Å²) in [5.74, 6) is 0.930. The van der Waals surface area contributed by atoms with Crippen LogP contribution in [0.5, 0.6) is 0 Å². The summed E-state index contributed by atoms with van der Waals surface area (Å²) in [7, 11) is 0.0140. The summed E-state index contributed by atoms with van der Waals surface area (Å²) in [5, 5.41) is 4.97. The van der Waals surface area contributed by atoms with Crippen molar-refractivity contribution < 1.29 is 21.1 Å². The molecule has 40 heavy (non-hydrogen) atoms. The minimum atomic E-state index is -2.13. The van der Waals surface area contributed by atoms with Crippen LogP contribution in [0.4, 0.5) is 17.1 Å². The molecule has 0 fully saturated rings. The Morgan fingerprint density at radius 1 is 0.775 bits per heavy atom. The Balaban J connectivity index is 0.00000289. The van der Waals surface area contributed by atoms with Gasteiger partial charge in [-0.2, -0.15) is 46.8 Å². The quantitative estimate of drug-likeness (QED) is 0.155. The number of nitrogens with zero attached hydrogens (tertiary/aromatic N) is 4. The van der Waals surface area contributed by atoms with Gasteiger partial charge in [0.1, 0.15) is 5.82 Å². The molecule has 6 heteroatoms. The van der Waals surface area contributed by atoms with E-state index in [0.29, 0.717) is 0 Å². The molecule has 0 amide bonds. The summed E-state index contributed by atoms with van der Waals surface area (Å²) < 4.78 is 2.27. The smallest absolute Gasteiger partial charge is 0.355 e. The molecule has 2 aromatic heterocycles. The summed E-state index contributed by atoms with van der Waals surface area (Å²) in [6, 6.07) is 40.3. The van der Waals surface area contributed by atoms with Crippen molar-refractivity contribution in [3.63, 3.8) is 0 Å². The third-order valence-electron chi connectivity index (χ3n) is 8.07. The van der Waals surface area contributed by atoms with E-state index in [9.17, 15) is 0 Å². The van der Waals surface area contributed by atoms with Crippen LogP contribution >= 0.6 is 0 Å². The second-order valence-corrected chi connectivity index (χ2v) is 15.3. The fourth-order valence-corrected chi connectivity index (χ4v) is 8.02. The van der Waals surface area contributed by atoms with Crippen molar-refractivity contribution in [1.29, 1.82) is 0 Å². The molecule has 0 saturated heterocycles. The first-order valence-electron chi connectivity index (χ1n) is 13.4. The minimum absolute atomic E-state index is 0. The maximum atomic E-state index is 4.75. The molecule has 0 N–H and O–H groups in total. The van der Waals surface area contributed by atoms with E-state index in [0.717, 1.165) is 29.2 Å². The van der Waals surface area contributed by atoms with Crippen LogP contribution in [0.3, 0.4) is 0 Å². The Bertz CT molecular complexity index is 1880. The number of pyridine rings is 1. The van der Waals surface area contributed by atoms with Crippen LogP contribution in [-0.4, -0.2) is 31.3 Å². The molecule has 7 rings (SSSR count). The predicted octanol–water partition coefficient (Wildman–Crippen LogP) is 6.45. The van der Waals surface area contributed by atoms with Crippen LogP contribution in [0.1, 0.15) is 5.56 Å². The average Bonchev–Trinajstić information content (AvgIpc) is 3.48. The number of aromatic nitrogens is 2. The maximum Gasteiger partial charge on any atom is 2.00 e. The number of para-hydroxylation sites is 3. The van der Waals surface area contributed by atoms with E-state index in [-0.39, 0.29) is 21.1 Å². The van der Waals surface area contributed by atoms with Gasteiger partial charge >= 0.3 is 21.1 Å². The SMILES string of the molecule is Cc1ccnc(-n2c3[c-]c([Si](C)(C)c4[c-]c(N5CN(C)c6ccccc65)ccc4)ccc3c3ccccc32)c1.[Pt+2]. The van der Waals surface area contributed by atoms with E-state index in [4.69, 9.17) is 4.98 Å². The predicted molar refractivity (Wildman–Crippen MR) is 166 cm³/mol. The van der Waals surface area contributed by atoms with Gasteiger partial charge in [0.05, 0.1) is 26.1 Å². The zero-order valence-electron chi connectivity index (χ0n) is 23.0. The zero-order valence-corrected chi connectivity index (χ0v) is 26.3. The topological polar surface area (TPSA) is 24.3 Å². The van der Waals surface area contributed by atoms with E-state index < -0.39 is 8.07 Å². The van der Waals surface area contributed by atoms with Gasteiger partial charge in [-0.1, -0.05) is 54.6 Å². The van der Waals surface area contributed by atoms with Crippen LogP contribution in [-0.2, 0) is 21.1 Å². The maximum absolute atomic E-state index is 4.75. The van der Waals surface area contributed by atoms with Gasteiger partial charge in [0.15, 0.2) is 0 Å². The third kappa shape index (κ3) is 4.20. The van der Waals surface area contributed by atoms with Crippen LogP contribution in [0.15, 0.2) is 97.2 Å². The first-order valence-corrected chi connectivity index (χ1v) is 16.4. The van der Waals surface area contributed by atoms with Gasteiger partial charge in [0.25, 0.3) is 0 Å². The van der Waals surface area contributed by atoms with Gasteiger partial charge in [-0.15, -0.1) is 11.5 Å². The van der Waals surface area contributed by atoms with Crippen LogP contribution in [0, 0.1) is 19.1 Å². The van der Waals surface area contributed by atoms with Crippen LogP contribution in [0.2, 0.25) is 13.1 Å². The fraction of sp³-hybridized carbons (Fsp3) is 0.147. The second kappa shape index (κ2) is 10.1. The molecule has 4 aromatic carbocycles. The number of fused-ring (bicyclic) bond motifs is 4. The van der Waals surface area contributed by atoms with E-state index in [2.05, 4.69) is 138 Å². The molecule has 0 aliphatic carbocycles. The van der Waals surface area contributed by atoms with Gasteiger partial charge in [-0.3, -0.25) is 0 Å². The van der Waals surface area contributed by atoms with E-state index in [1.807, 2.05) is 12.3 Å².